The summed E-state index contributed by atoms with van der Waals surface area (Å²) in [6.45, 7) is 5.01. The highest BCUT2D eigenvalue weighted by molar-refractivity contribution is 5.77. The van der Waals surface area contributed by atoms with E-state index < -0.39 is 0 Å². The van der Waals surface area contributed by atoms with Crippen LogP contribution in [0, 0.1) is 0 Å². The average molecular weight is 320 g/mol. The number of ether oxygens (including phenoxy) is 1. The van der Waals surface area contributed by atoms with Gasteiger partial charge in [0, 0.05) is 33.3 Å². The maximum atomic E-state index is 11.8. The van der Waals surface area contributed by atoms with Gasteiger partial charge in [-0.05, 0) is 19.1 Å². The van der Waals surface area contributed by atoms with Crippen molar-refractivity contribution < 1.29 is 18.5 Å². The van der Waals surface area contributed by atoms with E-state index in [2.05, 4.69) is 15.0 Å². The molecule has 2 aromatic heterocycles. The molecule has 0 aliphatic carbocycles. The van der Waals surface area contributed by atoms with Gasteiger partial charge in [-0.25, -0.2) is 0 Å². The molecule has 0 N–H and O–H groups in total. The molecule has 23 heavy (non-hydrogen) atoms. The molecule has 3 heterocycles. The summed E-state index contributed by atoms with van der Waals surface area (Å²) < 4.78 is 15.5. The quantitative estimate of drug-likeness (QED) is 0.817. The lowest BCUT2D eigenvalue weighted by molar-refractivity contribution is -0.137. The summed E-state index contributed by atoms with van der Waals surface area (Å²) in [6, 6.07) is 3.57. The molecular weight excluding hydrogens is 300 g/mol. The van der Waals surface area contributed by atoms with Crippen LogP contribution in [0.2, 0.25) is 0 Å². The first kappa shape index (κ1) is 15.7. The normalized spacial score (nSPS) is 17.4. The molecule has 0 radical (unpaired) electrons. The SMILES string of the molecule is COCC(=O)N1CCN(C(C)c2nc(-c3ccco3)no2)CC1. The Kier molecular flexibility index (Phi) is 4.73. The summed E-state index contributed by atoms with van der Waals surface area (Å²) in [5.41, 5.74) is 0. The van der Waals surface area contributed by atoms with Crippen LogP contribution < -0.4 is 0 Å². The van der Waals surface area contributed by atoms with E-state index in [4.69, 9.17) is 13.7 Å². The lowest BCUT2D eigenvalue weighted by Gasteiger charge is -2.36. The third kappa shape index (κ3) is 3.43. The molecular formula is C15H20N4O4. The van der Waals surface area contributed by atoms with E-state index in [1.54, 1.807) is 18.4 Å². The van der Waals surface area contributed by atoms with Crippen molar-refractivity contribution in [3.8, 4) is 11.6 Å². The smallest absolute Gasteiger partial charge is 0.248 e. The predicted octanol–water partition coefficient (Wildman–Crippen LogP) is 1.18. The average Bonchev–Trinajstić information content (AvgIpc) is 3.25. The lowest BCUT2D eigenvalue weighted by atomic mass is 10.2. The van der Waals surface area contributed by atoms with Crippen LogP contribution in [0.5, 0.6) is 0 Å². The van der Waals surface area contributed by atoms with Gasteiger partial charge >= 0.3 is 0 Å². The minimum Gasteiger partial charge on any atom is -0.461 e. The molecule has 8 heteroatoms. The van der Waals surface area contributed by atoms with Gasteiger partial charge in [-0.2, -0.15) is 4.98 Å². The third-order valence-electron chi connectivity index (χ3n) is 4.02. The summed E-state index contributed by atoms with van der Waals surface area (Å²) in [4.78, 5) is 20.2. The molecule has 1 unspecified atom stereocenters. The Morgan fingerprint density at radius 1 is 1.39 bits per heavy atom. The van der Waals surface area contributed by atoms with Gasteiger partial charge in [0.2, 0.25) is 17.6 Å². The molecule has 0 saturated carbocycles. The van der Waals surface area contributed by atoms with Gasteiger partial charge in [0.05, 0.1) is 12.3 Å². The van der Waals surface area contributed by atoms with Crippen molar-refractivity contribution in [1.82, 2.24) is 19.9 Å². The van der Waals surface area contributed by atoms with Crippen LogP contribution in [0.4, 0.5) is 0 Å². The van der Waals surface area contributed by atoms with Crippen LogP contribution >= 0.6 is 0 Å². The molecule has 0 bridgehead atoms. The Morgan fingerprint density at radius 3 is 2.83 bits per heavy atom. The molecule has 124 valence electrons. The molecule has 0 spiro atoms. The highest BCUT2D eigenvalue weighted by Gasteiger charge is 2.27. The third-order valence-corrected chi connectivity index (χ3v) is 4.02. The van der Waals surface area contributed by atoms with Crippen LogP contribution in [0.25, 0.3) is 11.6 Å². The maximum absolute atomic E-state index is 11.8. The molecule has 2 aromatic rings. The minimum atomic E-state index is -0.00844. The van der Waals surface area contributed by atoms with Crippen molar-refractivity contribution in [2.24, 2.45) is 0 Å². The number of amides is 1. The Hall–Kier alpha value is -2.19. The number of furan rings is 1. The largest absolute Gasteiger partial charge is 0.461 e. The van der Waals surface area contributed by atoms with E-state index in [-0.39, 0.29) is 18.6 Å². The highest BCUT2D eigenvalue weighted by atomic mass is 16.5. The number of aromatic nitrogens is 2. The van der Waals surface area contributed by atoms with E-state index in [0.29, 0.717) is 30.6 Å². The number of carbonyl (C=O) groups excluding carboxylic acids is 1. The van der Waals surface area contributed by atoms with Crippen LogP contribution in [0.3, 0.4) is 0 Å². The molecule has 1 aliphatic heterocycles. The molecule has 0 aromatic carbocycles. The maximum Gasteiger partial charge on any atom is 0.248 e. The Labute approximate surface area is 134 Å². The zero-order chi connectivity index (χ0) is 16.2. The van der Waals surface area contributed by atoms with E-state index >= 15 is 0 Å². The number of carbonyl (C=O) groups is 1. The molecule has 1 aliphatic rings. The number of rotatable bonds is 5. The number of piperazine rings is 1. The lowest BCUT2D eigenvalue weighted by Crippen LogP contribution is -2.50. The monoisotopic (exact) mass is 320 g/mol. The number of hydrogen-bond acceptors (Lipinski definition) is 7. The Bertz CT molecular complexity index is 632. The first-order valence-corrected chi connectivity index (χ1v) is 7.57. The van der Waals surface area contributed by atoms with Gasteiger partial charge in [0.1, 0.15) is 6.61 Å². The second-order valence-corrected chi connectivity index (χ2v) is 5.46. The highest BCUT2D eigenvalue weighted by Crippen LogP contribution is 2.23. The van der Waals surface area contributed by atoms with Crippen LogP contribution in [0.1, 0.15) is 18.9 Å². The number of methoxy groups -OCH3 is 1. The van der Waals surface area contributed by atoms with Crippen molar-refractivity contribution in [2.45, 2.75) is 13.0 Å². The first-order chi connectivity index (χ1) is 11.2. The van der Waals surface area contributed by atoms with Gasteiger partial charge in [-0.3, -0.25) is 9.69 Å². The summed E-state index contributed by atoms with van der Waals surface area (Å²) in [5, 5.41) is 3.95. The van der Waals surface area contributed by atoms with E-state index in [9.17, 15) is 4.79 Å². The van der Waals surface area contributed by atoms with Crippen molar-refractivity contribution in [1.29, 1.82) is 0 Å². The standard InChI is InChI=1S/C15H20N4O4/c1-11(15-16-14(17-23-15)12-4-3-9-22-12)18-5-7-19(8-6-18)13(20)10-21-2/h3-4,9,11H,5-8,10H2,1-2H3. The zero-order valence-electron chi connectivity index (χ0n) is 13.3. The fourth-order valence-corrected chi connectivity index (χ4v) is 2.64. The number of hydrogen-bond donors (Lipinski definition) is 0. The molecule has 1 saturated heterocycles. The van der Waals surface area contributed by atoms with Gasteiger partial charge < -0.3 is 18.6 Å². The summed E-state index contributed by atoms with van der Waals surface area (Å²) in [6.07, 6.45) is 1.57. The zero-order valence-corrected chi connectivity index (χ0v) is 13.3. The van der Waals surface area contributed by atoms with Gasteiger partial charge in [-0.15, -0.1) is 0 Å². The number of nitrogens with zero attached hydrogens (tertiary/aromatic N) is 4. The van der Waals surface area contributed by atoms with Gasteiger partial charge in [-0.1, -0.05) is 5.16 Å². The Balaban J connectivity index is 1.59. The molecule has 1 amide bonds. The summed E-state index contributed by atoms with van der Waals surface area (Å²) in [5.74, 6) is 1.61. The topological polar surface area (TPSA) is 84.8 Å². The molecule has 1 fully saturated rings. The van der Waals surface area contributed by atoms with Crippen molar-refractivity contribution in [3.63, 3.8) is 0 Å². The predicted molar refractivity (Wildman–Crippen MR) is 80.4 cm³/mol. The minimum absolute atomic E-state index is 0.00844. The van der Waals surface area contributed by atoms with Crippen molar-refractivity contribution in [2.75, 3.05) is 39.9 Å². The molecule has 1 atom stereocenters. The summed E-state index contributed by atoms with van der Waals surface area (Å²) >= 11 is 0. The summed E-state index contributed by atoms with van der Waals surface area (Å²) in [7, 11) is 1.53. The van der Waals surface area contributed by atoms with E-state index in [0.717, 1.165) is 13.1 Å². The van der Waals surface area contributed by atoms with Gasteiger partial charge in [0.25, 0.3) is 0 Å². The second-order valence-electron chi connectivity index (χ2n) is 5.46. The molecule has 3 rings (SSSR count). The van der Waals surface area contributed by atoms with Crippen LogP contribution in [-0.2, 0) is 9.53 Å². The fraction of sp³-hybridized carbons (Fsp3) is 0.533. The second kappa shape index (κ2) is 6.93. The molecule has 8 nitrogen and oxygen atoms in total. The van der Waals surface area contributed by atoms with Gasteiger partial charge in [0.15, 0.2) is 5.76 Å². The van der Waals surface area contributed by atoms with Crippen LogP contribution in [-0.4, -0.2) is 65.7 Å². The van der Waals surface area contributed by atoms with Crippen molar-refractivity contribution in [3.05, 3.63) is 24.3 Å². The van der Waals surface area contributed by atoms with Crippen LogP contribution in [0.15, 0.2) is 27.3 Å². The Morgan fingerprint density at radius 2 is 2.17 bits per heavy atom. The van der Waals surface area contributed by atoms with Crippen molar-refractivity contribution >= 4 is 5.91 Å². The fourth-order valence-electron chi connectivity index (χ4n) is 2.64. The first-order valence-electron chi connectivity index (χ1n) is 7.57. The van der Waals surface area contributed by atoms with E-state index in [1.165, 1.54) is 7.11 Å². The van der Waals surface area contributed by atoms with E-state index in [1.807, 2.05) is 11.8 Å².